The maximum Gasteiger partial charge on any atom is 0.176 e. The number of carbonyl (C=O) groups is 1. The summed E-state index contributed by atoms with van der Waals surface area (Å²) in [6.45, 7) is 4.75. The Kier molecular flexibility index (Phi) is 4.56. The summed E-state index contributed by atoms with van der Waals surface area (Å²) in [6, 6.07) is 7.83. The molecular weight excluding hydrogens is 325 g/mol. The van der Waals surface area contributed by atoms with E-state index in [0.717, 1.165) is 24.6 Å². The fraction of sp³-hybridized carbons (Fsp3) is 0.500. The quantitative estimate of drug-likeness (QED) is 0.584. The summed E-state index contributed by atoms with van der Waals surface area (Å²) < 4.78 is 1.17. The normalized spacial score (nSPS) is 15.2. The molecule has 0 radical (unpaired) electrons. The highest BCUT2D eigenvalue weighted by molar-refractivity contribution is 14.1. The third kappa shape index (κ3) is 4.07. The van der Waals surface area contributed by atoms with Crippen molar-refractivity contribution in [3.63, 3.8) is 0 Å². The number of likely N-dealkylation sites (N-methyl/N-ethyl adjacent to an activating group) is 1. The number of halogens is 1. The second kappa shape index (κ2) is 5.96. The fourth-order valence-corrected chi connectivity index (χ4v) is 2.26. The molecule has 0 bridgehead atoms. The van der Waals surface area contributed by atoms with Crippen molar-refractivity contribution < 1.29 is 4.79 Å². The van der Waals surface area contributed by atoms with E-state index in [1.54, 1.807) is 0 Å². The molecule has 2 nitrogen and oxygen atoms in total. The van der Waals surface area contributed by atoms with Crippen LogP contribution >= 0.6 is 22.6 Å². The maximum atomic E-state index is 12.1. The van der Waals surface area contributed by atoms with Gasteiger partial charge in [-0.3, -0.25) is 9.69 Å². The predicted molar refractivity (Wildman–Crippen MR) is 78.3 cm³/mol. The van der Waals surface area contributed by atoms with E-state index in [0.29, 0.717) is 6.54 Å². The zero-order valence-corrected chi connectivity index (χ0v) is 12.3. The summed E-state index contributed by atoms with van der Waals surface area (Å²) in [5.74, 6) is 1.09. The summed E-state index contributed by atoms with van der Waals surface area (Å²) in [5, 5.41) is 0. The van der Waals surface area contributed by atoms with E-state index in [2.05, 4.69) is 34.4 Å². The Balaban J connectivity index is 1.92. The minimum Gasteiger partial charge on any atom is -0.296 e. The topological polar surface area (TPSA) is 20.3 Å². The number of hydrogen-bond acceptors (Lipinski definition) is 2. The second-order valence-electron chi connectivity index (χ2n) is 4.70. The van der Waals surface area contributed by atoms with Gasteiger partial charge >= 0.3 is 0 Å². The Morgan fingerprint density at radius 1 is 1.35 bits per heavy atom. The molecule has 1 aromatic carbocycles. The van der Waals surface area contributed by atoms with E-state index >= 15 is 0 Å². The van der Waals surface area contributed by atoms with Crippen LogP contribution in [0.15, 0.2) is 24.3 Å². The van der Waals surface area contributed by atoms with Gasteiger partial charge in [-0.25, -0.2) is 0 Å². The van der Waals surface area contributed by atoms with Gasteiger partial charge < -0.3 is 0 Å². The van der Waals surface area contributed by atoms with Crippen molar-refractivity contribution in [1.82, 2.24) is 4.90 Å². The molecule has 0 atom stereocenters. The maximum absolute atomic E-state index is 12.1. The number of ketones is 1. The molecule has 0 spiro atoms. The Bertz CT molecular complexity index is 384. The van der Waals surface area contributed by atoms with Crippen LogP contribution in [0.1, 0.15) is 30.1 Å². The summed E-state index contributed by atoms with van der Waals surface area (Å²) in [5.41, 5.74) is 0.833. The predicted octanol–water partition coefficient (Wildman–Crippen LogP) is 3.21. The van der Waals surface area contributed by atoms with Gasteiger partial charge in [-0.15, -0.1) is 0 Å². The van der Waals surface area contributed by atoms with Crippen LogP contribution in [0.3, 0.4) is 0 Å². The average Bonchev–Trinajstić information content (AvgIpc) is 3.13. The first-order valence-electron chi connectivity index (χ1n) is 6.20. The van der Waals surface area contributed by atoms with Crippen molar-refractivity contribution in [3.8, 4) is 0 Å². The first-order valence-corrected chi connectivity index (χ1v) is 7.28. The minimum absolute atomic E-state index is 0.240. The van der Waals surface area contributed by atoms with Crippen LogP contribution in [-0.4, -0.2) is 30.3 Å². The lowest BCUT2D eigenvalue weighted by Crippen LogP contribution is -2.31. The number of benzene rings is 1. The lowest BCUT2D eigenvalue weighted by Gasteiger charge is -2.19. The van der Waals surface area contributed by atoms with Crippen molar-refractivity contribution in [2.24, 2.45) is 5.92 Å². The molecule has 3 heteroatoms. The van der Waals surface area contributed by atoms with E-state index in [9.17, 15) is 4.79 Å². The van der Waals surface area contributed by atoms with Gasteiger partial charge in [-0.2, -0.15) is 0 Å². The molecule has 2 rings (SSSR count). The van der Waals surface area contributed by atoms with Crippen molar-refractivity contribution in [2.45, 2.75) is 19.8 Å². The number of nitrogens with zero attached hydrogens (tertiary/aromatic N) is 1. The van der Waals surface area contributed by atoms with E-state index < -0.39 is 0 Å². The van der Waals surface area contributed by atoms with Crippen LogP contribution < -0.4 is 0 Å². The number of hydrogen-bond donors (Lipinski definition) is 0. The van der Waals surface area contributed by atoms with E-state index in [1.807, 2.05) is 24.3 Å². The van der Waals surface area contributed by atoms with Crippen LogP contribution in [0, 0.1) is 9.49 Å². The van der Waals surface area contributed by atoms with E-state index in [1.165, 1.54) is 16.4 Å². The van der Waals surface area contributed by atoms with Crippen molar-refractivity contribution >= 4 is 28.4 Å². The highest BCUT2D eigenvalue weighted by atomic mass is 127. The minimum atomic E-state index is 0.240. The van der Waals surface area contributed by atoms with Crippen molar-refractivity contribution in [1.29, 1.82) is 0 Å². The molecule has 1 aromatic rings. The summed E-state index contributed by atoms with van der Waals surface area (Å²) >= 11 is 2.26. The molecule has 1 aliphatic carbocycles. The molecule has 0 saturated heterocycles. The molecule has 0 heterocycles. The Morgan fingerprint density at radius 2 is 2.00 bits per heavy atom. The summed E-state index contributed by atoms with van der Waals surface area (Å²) in [7, 11) is 0. The van der Waals surface area contributed by atoms with Gasteiger partial charge in [-0.05, 0) is 60.0 Å². The first kappa shape index (κ1) is 13.0. The third-order valence-electron chi connectivity index (χ3n) is 3.19. The largest absolute Gasteiger partial charge is 0.296 e. The van der Waals surface area contributed by atoms with Crippen molar-refractivity contribution in [2.75, 3.05) is 19.6 Å². The molecule has 1 saturated carbocycles. The van der Waals surface area contributed by atoms with Gasteiger partial charge in [0.1, 0.15) is 0 Å². The molecule has 0 unspecified atom stereocenters. The summed E-state index contributed by atoms with van der Waals surface area (Å²) in [4.78, 5) is 14.3. The molecule has 0 aromatic heterocycles. The van der Waals surface area contributed by atoms with Crippen LogP contribution in [0.2, 0.25) is 0 Å². The second-order valence-corrected chi connectivity index (χ2v) is 5.95. The zero-order valence-electron chi connectivity index (χ0n) is 10.2. The van der Waals surface area contributed by atoms with Crippen LogP contribution in [0.25, 0.3) is 0 Å². The number of rotatable bonds is 6. The molecule has 17 heavy (non-hydrogen) atoms. The number of carbonyl (C=O) groups excluding carboxylic acids is 1. The fourth-order valence-electron chi connectivity index (χ4n) is 1.90. The molecule has 1 aliphatic rings. The van der Waals surface area contributed by atoms with Gasteiger partial charge in [0, 0.05) is 15.7 Å². The zero-order chi connectivity index (χ0) is 12.3. The average molecular weight is 343 g/mol. The molecular formula is C14H18INO. The molecule has 0 N–H and O–H groups in total. The van der Waals surface area contributed by atoms with Crippen LogP contribution in [0.4, 0.5) is 0 Å². The number of Topliss-reactive ketones (excluding diaryl/α,β-unsaturated/α-hetero) is 1. The Labute approximate surface area is 117 Å². The lowest BCUT2D eigenvalue weighted by atomic mass is 10.1. The monoisotopic (exact) mass is 343 g/mol. The molecule has 1 fully saturated rings. The van der Waals surface area contributed by atoms with Gasteiger partial charge in [0.25, 0.3) is 0 Å². The van der Waals surface area contributed by atoms with Gasteiger partial charge in [0.15, 0.2) is 5.78 Å². The third-order valence-corrected chi connectivity index (χ3v) is 3.91. The highest BCUT2D eigenvalue weighted by Crippen LogP contribution is 2.29. The lowest BCUT2D eigenvalue weighted by molar-refractivity contribution is 0.0931. The van der Waals surface area contributed by atoms with Gasteiger partial charge in [0.2, 0.25) is 0 Å². The highest BCUT2D eigenvalue weighted by Gasteiger charge is 2.24. The smallest absolute Gasteiger partial charge is 0.176 e. The van der Waals surface area contributed by atoms with Crippen LogP contribution in [-0.2, 0) is 0 Å². The van der Waals surface area contributed by atoms with E-state index in [-0.39, 0.29) is 5.78 Å². The first-order chi connectivity index (χ1) is 8.19. The van der Waals surface area contributed by atoms with Crippen molar-refractivity contribution in [3.05, 3.63) is 33.4 Å². The standard InChI is InChI=1S/C14H18INO/c1-2-16(9-11-3-4-11)10-14(17)12-5-7-13(15)8-6-12/h5-8,11H,2-4,9-10H2,1H3. The molecule has 0 aliphatic heterocycles. The van der Waals surface area contributed by atoms with Crippen LogP contribution in [0.5, 0.6) is 0 Å². The van der Waals surface area contributed by atoms with E-state index in [4.69, 9.17) is 0 Å². The molecule has 0 amide bonds. The SMILES string of the molecule is CCN(CC(=O)c1ccc(I)cc1)CC1CC1. The Morgan fingerprint density at radius 3 is 2.53 bits per heavy atom. The molecule has 92 valence electrons. The van der Waals surface area contributed by atoms with Gasteiger partial charge in [0.05, 0.1) is 6.54 Å². The summed E-state index contributed by atoms with van der Waals surface area (Å²) in [6.07, 6.45) is 2.68. The van der Waals surface area contributed by atoms with Gasteiger partial charge in [-0.1, -0.05) is 19.1 Å². The Hall–Kier alpha value is -0.420.